The van der Waals surface area contributed by atoms with Crippen LogP contribution in [0.15, 0.2) is 53.7 Å². The van der Waals surface area contributed by atoms with Crippen LogP contribution in [0.4, 0.5) is 0 Å². The summed E-state index contributed by atoms with van der Waals surface area (Å²) in [6.07, 6.45) is 3.37. The fourth-order valence-corrected chi connectivity index (χ4v) is 4.60. The fourth-order valence-electron chi connectivity index (χ4n) is 3.74. The number of carbonyl (C=O) groups excluding carboxylic acids is 1. The summed E-state index contributed by atoms with van der Waals surface area (Å²) in [6.45, 7) is 4.27. The smallest absolute Gasteiger partial charge is 0.233 e. The van der Waals surface area contributed by atoms with Crippen molar-refractivity contribution in [3.05, 3.63) is 48.5 Å². The van der Waals surface area contributed by atoms with Crippen LogP contribution in [0.2, 0.25) is 0 Å². The molecule has 7 nitrogen and oxygen atoms in total. The number of thioether (sulfide) groups is 1. The standard InChI is InChI=1S/C24H28N4O3S/c1-3-31-21-13-9-19(10-14-21)28-23(18-7-11-20(30-2)12-8-18)25-26-24(28)32-17-22(29)27-15-5-4-6-16-27/h7-14H,3-6,15-17H2,1-2H3. The van der Waals surface area contributed by atoms with Gasteiger partial charge in [0.25, 0.3) is 0 Å². The molecule has 0 atom stereocenters. The van der Waals surface area contributed by atoms with Crippen LogP contribution in [0.5, 0.6) is 11.5 Å². The van der Waals surface area contributed by atoms with E-state index in [9.17, 15) is 4.79 Å². The number of hydrogen-bond donors (Lipinski definition) is 0. The van der Waals surface area contributed by atoms with Crippen LogP contribution >= 0.6 is 11.8 Å². The molecule has 1 aliphatic heterocycles. The Morgan fingerprint density at radius 3 is 2.31 bits per heavy atom. The van der Waals surface area contributed by atoms with E-state index in [2.05, 4.69) is 10.2 Å². The van der Waals surface area contributed by atoms with Crippen LogP contribution in [0.1, 0.15) is 26.2 Å². The van der Waals surface area contributed by atoms with Crippen molar-refractivity contribution < 1.29 is 14.3 Å². The maximum atomic E-state index is 12.7. The van der Waals surface area contributed by atoms with Crippen molar-refractivity contribution in [1.29, 1.82) is 0 Å². The van der Waals surface area contributed by atoms with E-state index >= 15 is 0 Å². The van der Waals surface area contributed by atoms with Crippen molar-refractivity contribution in [1.82, 2.24) is 19.7 Å². The second-order valence-electron chi connectivity index (χ2n) is 7.53. The number of piperidine rings is 1. The third kappa shape index (κ3) is 5.07. The van der Waals surface area contributed by atoms with Gasteiger partial charge in [-0.1, -0.05) is 11.8 Å². The minimum atomic E-state index is 0.155. The van der Waals surface area contributed by atoms with Gasteiger partial charge in [0.15, 0.2) is 11.0 Å². The Balaban J connectivity index is 1.63. The zero-order valence-corrected chi connectivity index (χ0v) is 19.3. The van der Waals surface area contributed by atoms with E-state index in [0.717, 1.165) is 48.7 Å². The van der Waals surface area contributed by atoms with Gasteiger partial charge in [0, 0.05) is 24.3 Å². The molecular formula is C24H28N4O3S. The first-order valence-electron chi connectivity index (χ1n) is 10.9. The quantitative estimate of drug-likeness (QED) is 0.471. The number of rotatable bonds is 8. The Morgan fingerprint density at radius 1 is 0.969 bits per heavy atom. The highest BCUT2D eigenvalue weighted by molar-refractivity contribution is 7.99. The fraction of sp³-hybridized carbons (Fsp3) is 0.375. The highest BCUT2D eigenvalue weighted by atomic mass is 32.2. The molecule has 0 saturated carbocycles. The monoisotopic (exact) mass is 452 g/mol. The molecule has 4 rings (SSSR count). The van der Waals surface area contributed by atoms with E-state index < -0.39 is 0 Å². The molecule has 0 bridgehead atoms. The molecule has 32 heavy (non-hydrogen) atoms. The van der Waals surface area contributed by atoms with E-state index in [4.69, 9.17) is 9.47 Å². The molecule has 168 valence electrons. The van der Waals surface area contributed by atoms with Crippen LogP contribution in [0.25, 0.3) is 17.1 Å². The molecule has 1 saturated heterocycles. The number of nitrogens with zero attached hydrogens (tertiary/aromatic N) is 4. The molecule has 0 spiro atoms. The Labute approximate surface area is 192 Å². The highest BCUT2D eigenvalue weighted by Crippen LogP contribution is 2.30. The van der Waals surface area contributed by atoms with Gasteiger partial charge in [0.2, 0.25) is 5.91 Å². The third-order valence-electron chi connectivity index (χ3n) is 5.42. The van der Waals surface area contributed by atoms with Crippen LogP contribution in [0, 0.1) is 0 Å². The van der Waals surface area contributed by atoms with Crippen LogP contribution in [-0.2, 0) is 4.79 Å². The maximum Gasteiger partial charge on any atom is 0.233 e. The van der Waals surface area contributed by atoms with E-state index in [1.165, 1.54) is 18.2 Å². The van der Waals surface area contributed by atoms with E-state index in [1.807, 2.05) is 64.9 Å². The summed E-state index contributed by atoms with van der Waals surface area (Å²) < 4.78 is 12.9. The van der Waals surface area contributed by atoms with Gasteiger partial charge in [-0.05, 0) is 74.7 Å². The predicted molar refractivity (Wildman–Crippen MR) is 126 cm³/mol. The Morgan fingerprint density at radius 2 is 1.66 bits per heavy atom. The van der Waals surface area contributed by atoms with Crippen molar-refractivity contribution in [2.45, 2.75) is 31.3 Å². The first-order valence-corrected chi connectivity index (χ1v) is 11.9. The van der Waals surface area contributed by atoms with Crippen molar-refractivity contribution >= 4 is 17.7 Å². The first kappa shape index (κ1) is 22.2. The highest BCUT2D eigenvalue weighted by Gasteiger charge is 2.20. The lowest BCUT2D eigenvalue weighted by Crippen LogP contribution is -2.36. The van der Waals surface area contributed by atoms with Gasteiger partial charge in [-0.25, -0.2) is 0 Å². The van der Waals surface area contributed by atoms with Crippen LogP contribution in [0.3, 0.4) is 0 Å². The summed E-state index contributed by atoms with van der Waals surface area (Å²) in [5.74, 6) is 2.80. The zero-order valence-electron chi connectivity index (χ0n) is 18.5. The lowest BCUT2D eigenvalue weighted by molar-refractivity contribution is -0.129. The molecule has 8 heteroatoms. The maximum absolute atomic E-state index is 12.7. The summed E-state index contributed by atoms with van der Waals surface area (Å²) in [5, 5.41) is 9.58. The molecule has 3 aromatic rings. The number of methoxy groups -OCH3 is 1. The molecule has 0 N–H and O–H groups in total. The lowest BCUT2D eigenvalue weighted by atomic mass is 10.1. The lowest BCUT2D eigenvalue weighted by Gasteiger charge is -2.26. The molecule has 1 amide bonds. The van der Waals surface area contributed by atoms with Crippen molar-refractivity contribution in [3.8, 4) is 28.6 Å². The average molecular weight is 453 g/mol. The molecule has 1 aromatic heterocycles. The normalized spacial score (nSPS) is 13.8. The van der Waals surface area contributed by atoms with Gasteiger partial charge in [0.05, 0.1) is 19.5 Å². The van der Waals surface area contributed by atoms with Crippen molar-refractivity contribution in [2.24, 2.45) is 0 Å². The largest absolute Gasteiger partial charge is 0.497 e. The summed E-state index contributed by atoms with van der Waals surface area (Å²) in [7, 11) is 1.64. The number of hydrogen-bond acceptors (Lipinski definition) is 6. The molecule has 0 unspecified atom stereocenters. The summed E-state index contributed by atoms with van der Waals surface area (Å²) in [6, 6.07) is 15.6. The molecular weight excluding hydrogens is 424 g/mol. The zero-order chi connectivity index (χ0) is 22.3. The van der Waals surface area contributed by atoms with Gasteiger partial charge < -0.3 is 14.4 Å². The minimum Gasteiger partial charge on any atom is -0.497 e. The third-order valence-corrected chi connectivity index (χ3v) is 6.33. The van der Waals surface area contributed by atoms with Crippen molar-refractivity contribution in [3.63, 3.8) is 0 Å². The molecule has 2 aromatic carbocycles. The molecule has 1 fully saturated rings. The molecule has 2 heterocycles. The minimum absolute atomic E-state index is 0.155. The van der Waals surface area contributed by atoms with Gasteiger partial charge in [-0.3, -0.25) is 9.36 Å². The van der Waals surface area contributed by atoms with Crippen LogP contribution in [-0.4, -0.2) is 58.1 Å². The summed E-state index contributed by atoms with van der Waals surface area (Å²) >= 11 is 1.42. The molecule has 1 aliphatic rings. The topological polar surface area (TPSA) is 69.5 Å². The number of benzene rings is 2. The SMILES string of the molecule is CCOc1ccc(-n2c(SCC(=O)N3CCCCC3)nnc2-c2ccc(OC)cc2)cc1. The van der Waals surface area contributed by atoms with Gasteiger partial charge in [0.1, 0.15) is 11.5 Å². The predicted octanol–water partition coefficient (Wildman–Crippen LogP) is 4.45. The number of aromatic nitrogens is 3. The van der Waals surface area contributed by atoms with Crippen molar-refractivity contribution in [2.75, 3.05) is 32.6 Å². The van der Waals surface area contributed by atoms with Gasteiger partial charge in [-0.15, -0.1) is 10.2 Å². The van der Waals surface area contributed by atoms with E-state index in [-0.39, 0.29) is 5.91 Å². The number of ether oxygens (including phenoxy) is 2. The first-order chi connectivity index (χ1) is 15.7. The number of amides is 1. The van der Waals surface area contributed by atoms with E-state index in [0.29, 0.717) is 23.3 Å². The second-order valence-corrected chi connectivity index (χ2v) is 8.47. The Bertz CT molecular complexity index is 1030. The number of likely N-dealkylation sites (tertiary alicyclic amines) is 1. The molecule has 0 aliphatic carbocycles. The van der Waals surface area contributed by atoms with Crippen LogP contribution < -0.4 is 9.47 Å². The average Bonchev–Trinajstić information content (AvgIpc) is 3.27. The summed E-state index contributed by atoms with van der Waals surface area (Å²) in [5.41, 5.74) is 1.83. The Hall–Kier alpha value is -3.00. The van der Waals surface area contributed by atoms with E-state index in [1.54, 1.807) is 7.11 Å². The summed E-state index contributed by atoms with van der Waals surface area (Å²) in [4.78, 5) is 14.7. The number of carbonyl (C=O) groups is 1. The van der Waals surface area contributed by atoms with Gasteiger partial charge in [-0.2, -0.15) is 0 Å². The molecule has 0 radical (unpaired) electrons. The van der Waals surface area contributed by atoms with Gasteiger partial charge >= 0.3 is 0 Å². The second kappa shape index (κ2) is 10.5. The Kier molecular flexibility index (Phi) is 7.32.